The Morgan fingerprint density at radius 3 is 2.39 bits per heavy atom. The standard InChI is InChI=1S/C23H29N3O5S2/c1-17-8-10-19(11-9-17)25(2)33(30,31)20-7-5-6-18(14-20)23(27)24-21-15-32(28,29)16-22(21)26-12-3-4-13-26/h5-11,14,21-22H,3-4,12-13,15-16H2,1-2H3,(H,24,27). The van der Waals surface area contributed by atoms with E-state index in [1.807, 2.05) is 19.1 Å². The highest BCUT2D eigenvalue weighted by Gasteiger charge is 2.42. The predicted molar refractivity (Wildman–Crippen MR) is 128 cm³/mol. The molecule has 2 fully saturated rings. The molecule has 10 heteroatoms. The molecule has 2 unspecified atom stereocenters. The average molecular weight is 492 g/mol. The third-order valence-electron chi connectivity index (χ3n) is 6.40. The Hall–Kier alpha value is -2.43. The summed E-state index contributed by atoms with van der Waals surface area (Å²) >= 11 is 0. The molecule has 8 nitrogen and oxygen atoms in total. The molecule has 1 N–H and O–H groups in total. The molecule has 1 amide bonds. The van der Waals surface area contributed by atoms with Crippen LogP contribution in [0.2, 0.25) is 0 Å². The van der Waals surface area contributed by atoms with Gasteiger partial charge in [-0.15, -0.1) is 0 Å². The molecule has 0 aliphatic carbocycles. The third kappa shape index (κ3) is 5.07. The molecule has 2 aromatic carbocycles. The van der Waals surface area contributed by atoms with E-state index >= 15 is 0 Å². The smallest absolute Gasteiger partial charge is 0.264 e. The van der Waals surface area contributed by atoms with E-state index in [2.05, 4.69) is 10.2 Å². The SMILES string of the molecule is Cc1ccc(N(C)S(=O)(=O)c2cccc(C(=O)NC3CS(=O)(=O)CC3N3CCCC3)c2)cc1. The summed E-state index contributed by atoms with van der Waals surface area (Å²) < 4.78 is 52.0. The van der Waals surface area contributed by atoms with Crippen LogP contribution in [0.25, 0.3) is 0 Å². The number of anilines is 1. The highest BCUT2D eigenvalue weighted by atomic mass is 32.2. The Balaban J connectivity index is 1.54. The Bertz CT molecular complexity index is 1240. The molecule has 2 saturated heterocycles. The van der Waals surface area contributed by atoms with Crippen LogP contribution >= 0.6 is 0 Å². The number of carbonyl (C=O) groups excluding carboxylic acids is 1. The van der Waals surface area contributed by atoms with Crippen molar-refractivity contribution in [2.45, 2.75) is 36.7 Å². The number of sulfonamides is 1. The molecular formula is C23H29N3O5S2. The molecule has 33 heavy (non-hydrogen) atoms. The number of amides is 1. The minimum Gasteiger partial charge on any atom is -0.347 e. The van der Waals surface area contributed by atoms with E-state index < -0.39 is 31.8 Å². The molecule has 0 aromatic heterocycles. The molecule has 2 heterocycles. The topological polar surface area (TPSA) is 104 Å². The van der Waals surface area contributed by atoms with Crippen molar-refractivity contribution in [3.05, 3.63) is 59.7 Å². The maximum Gasteiger partial charge on any atom is 0.264 e. The van der Waals surface area contributed by atoms with E-state index in [1.165, 1.54) is 35.6 Å². The number of nitrogens with one attached hydrogen (secondary N) is 1. The number of hydrogen-bond acceptors (Lipinski definition) is 6. The lowest BCUT2D eigenvalue weighted by Crippen LogP contribution is -2.50. The lowest BCUT2D eigenvalue weighted by atomic mass is 10.1. The highest BCUT2D eigenvalue weighted by molar-refractivity contribution is 7.92. The van der Waals surface area contributed by atoms with Crippen LogP contribution in [0, 0.1) is 6.92 Å². The van der Waals surface area contributed by atoms with Crippen LogP contribution in [0.5, 0.6) is 0 Å². The van der Waals surface area contributed by atoms with Gasteiger partial charge in [0.15, 0.2) is 9.84 Å². The van der Waals surface area contributed by atoms with Crippen molar-refractivity contribution in [1.29, 1.82) is 0 Å². The molecule has 0 bridgehead atoms. The van der Waals surface area contributed by atoms with Crippen LogP contribution in [0.3, 0.4) is 0 Å². The first-order valence-electron chi connectivity index (χ1n) is 11.0. The molecule has 0 radical (unpaired) electrons. The summed E-state index contributed by atoms with van der Waals surface area (Å²) in [5.74, 6) is -0.543. The fourth-order valence-corrected chi connectivity index (χ4v) is 7.70. The van der Waals surface area contributed by atoms with E-state index in [1.54, 1.807) is 12.1 Å². The van der Waals surface area contributed by atoms with Crippen molar-refractivity contribution in [1.82, 2.24) is 10.2 Å². The Kier molecular flexibility index (Phi) is 6.52. The number of hydrogen-bond donors (Lipinski definition) is 1. The van der Waals surface area contributed by atoms with Gasteiger partial charge in [0.1, 0.15) is 0 Å². The average Bonchev–Trinajstić information content (AvgIpc) is 3.41. The van der Waals surface area contributed by atoms with Crippen molar-refractivity contribution < 1.29 is 21.6 Å². The van der Waals surface area contributed by atoms with Gasteiger partial charge in [-0.2, -0.15) is 0 Å². The fourth-order valence-electron chi connectivity index (χ4n) is 4.50. The number of aryl methyl sites for hydroxylation is 1. The maximum absolute atomic E-state index is 13.2. The van der Waals surface area contributed by atoms with Crippen LogP contribution in [0.1, 0.15) is 28.8 Å². The minimum absolute atomic E-state index is 0.00615. The van der Waals surface area contributed by atoms with Crippen molar-refractivity contribution >= 4 is 31.5 Å². The van der Waals surface area contributed by atoms with Gasteiger partial charge in [-0.05, 0) is 63.2 Å². The summed E-state index contributed by atoms with van der Waals surface area (Å²) in [5, 5.41) is 2.86. The van der Waals surface area contributed by atoms with Gasteiger partial charge in [0, 0.05) is 18.7 Å². The Labute approximate surface area is 195 Å². The van der Waals surface area contributed by atoms with Gasteiger partial charge < -0.3 is 5.32 Å². The van der Waals surface area contributed by atoms with Gasteiger partial charge in [-0.25, -0.2) is 16.8 Å². The van der Waals surface area contributed by atoms with Gasteiger partial charge >= 0.3 is 0 Å². The number of sulfone groups is 1. The first-order chi connectivity index (χ1) is 15.6. The lowest BCUT2D eigenvalue weighted by molar-refractivity contribution is 0.0918. The Morgan fingerprint density at radius 1 is 1.06 bits per heavy atom. The summed E-state index contributed by atoms with van der Waals surface area (Å²) in [5.41, 5.74) is 1.71. The van der Waals surface area contributed by atoms with E-state index in [4.69, 9.17) is 0 Å². The fraction of sp³-hybridized carbons (Fsp3) is 0.435. The van der Waals surface area contributed by atoms with Crippen molar-refractivity contribution in [2.75, 3.05) is 35.9 Å². The summed E-state index contributed by atoms with van der Waals surface area (Å²) in [4.78, 5) is 15.1. The largest absolute Gasteiger partial charge is 0.347 e. The second kappa shape index (κ2) is 9.08. The van der Waals surface area contributed by atoms with Gasteiger partial charge in [-0.3, -0.25) is 14.0 Å². The van der Waals surface area contributed by atoms with Gasteiger partial charge in [0.2, 0.25) is 0 Å². The molecule has 2 aromatic rings. The molecule has 2 aliphatic heterocycles. The second-order valence-corrected chi connectivity index (χ2v) is 12.9. The van der Waals surface area contributed by atoms with Crippen molar-refractivity contribution in [3.8, 4) is 0 Å². The monoisotopic (exact) mass is 491 g/mol. The molecule has 178 valence electrons. The highest BCUT2D eigenvalue weighted by Crippen LogP contribution is 2.25. The predicted octanol–water partition coefficient (Wildman–Crippen LogP) is 1.81. The van der Waals surface area contributed by atoms with Crippen LogP contribution in [0.4, 0.5) is 5.69 Å². The molecular weight excluding hydrogens is 462 g/mol. The maximum atomic E-state index is 13.2. The first-order valence-corrected chi connectivity index (χ1v) is 14.2. The second-order valence-electron chi connectivity index (χ2n) is 8.80. The number of carbonyl (C=O) groups is 1. The third-order valence-corrected chi connectivity index (χ3v) is 9.90. The zero-order valence-corrected chi connectivity index (χ0v) is 20.4. The number of likely N-dealkylation sites (tertiary alicyclic amines) is 1. The minimum atomic E-state index is -3.88. The summed E-state index contributed by atoms with van der Waals surface area (Å²) in [6.45, 7) is 3.57. The van der Waals surface area contributed by atoms with E-state index in [0.29, 0.717) is 5.69 Å². The zero-order chi connectivity index (χ0) is 23.8. The van der Waals surface area contributed by atoms with Crippen molar-refractivity contribution in [3.63, 3.8) is 0 Å². The van der Waals surface area contributed by atoms with Gasteiger partial charge in [0.25, 0.3) is 15.9 Å². The summed E-state index contributed by atoms with van der Waals surface area (Å²) in [6, 6.07) is 12.2. The van der Waals surface area contributed by atoms with Crippen LogP contribution in [-0.4, -0.2) is 71.4 Å². The van der Waals surface area contributed by atoms with E-state index in [9.17, 15) is 21.6 Å². The number of benzene rings is 2. The van der Waals surface area contributed by atoms with Gasteiger partial charge in [-0.1, -0.05) is 23.8 Å². The van der Waals surface area contributed by atoms with Crippen LogP contribution in [-0.2, 0) is 19.9 Å². The van der Waals surface area contributed by atoms with E-state index in [-0.39, 0.29) is 28.0 Å². The quantitative estimate of drug-likeness (QED) is 0.661. The summed E-state index contributed by atoms with van der Waals surface area (Å²) in [7, 11) is -5.66. The number of rotatable bonds is 6. The normalized spacial score (nSPS) is 22.8. The molecule has 2 atom stereocenters. The lowest BCUT2D eigenvalue weighted by Gasteiger charge is -2.28. The first kappa shape index (κ1) is 23.7. The summed E-state index contributed by atoms with van der Waals surface area (Å²) in [6.07, 6.45) is 2.04. The van der Waals surface area contributed by atoms with Gasteiger partial charge in [0.05, 0.1) is 28.1 Å². The van der Waals surface area contributed by atoms with Crippen LogP contribution < -0.4 is 9.62 Å². The molecule has 2 aliphatic rings. The molecule has 0 spiro atoms. The van der Waals surface area contributed by atoms with Crippen molar-refractivity contribution in [2.24, 2.45) is 0 Å². The molecule has 4 rings (SSSR count). The van der Waals surface area contributed by atoms with Crippen LogP contribution in [0.15, 0.2) is 53.4 Å². The molecule has 0 saturated carbocycles. The van der Waals surface area contributed by atoms with E-state index in [0.717, 1.165) is 31.5 Å². The number of nitrogens with zero attached hydrogens (tertiary/aromatic N) is 2. The Morgan fingerprint density at radius 2 is 1.73 bits per heavy atom. The zero-order valence-electron chi connectivity index (χ0n) is 18.8.